The van der Waals surface area contributed by atoms with Crippen molar-refractivity contribution in [3.05, 3.63) is 66.0 Å². The van der Waals surface area contributed by atoms with Crippen LogP contribution in [0.4, 0.5) is 5.82 Å². The number of anilines is 1. The fraction of sp³-hybridized carbons (Fsp3) is 0.200. The van der Waals surface area contributed by atoms with Crippen LogP contribution in [0.3, 0.4) is 0 Å². The molecule has 0 spiro atoms. The topological polar surface area (TPSA) is 102 Å². The number of carbonyl (C=O) groups excluding carboxylic acids is 2. The molecule has 1 aliphatic rings. The van der Waals surface area contributed by atoms with Gasteiger partial charge in [0.1, 0.15) is 17.6 Å². The molecule has 1 aliphatic heterocycles. The smallest absolute Gasteiger partial charge is 0.295 e. The van der Waals surface area contributed by atoms with Gasteiger partial charge in [-0.1, -0.05) is 24.3 Å². The number of piperazine rings is 1. The number of methoxy groups -OCH3 is 1. The van der Waals surface area contributed by atoms with Crippen LogP contribution in [0.15, 0.2) is 54.9 Å². The van der Waals surface area contributed by atoms with Crippen LogP contribution >= 0.6 is 0 Å². The maximum atomic E-state index is 13.1. The molecule has 8 heteroatoms. The number of aromatic amines is 1. The molecule has 0 bridgehead atoms. The lowest BCUT2D eigenvalue weighted by Gasteiger charge is -2.35. The number of amides is 1. The second-order valence-corrected chi connectivity index (χ2v) is 7.84. The molecule has 8 nitrogen and oxygen atoms in total. The molecule has 0 atom stereocenters. The number of H-pyrrole nitrogens is 1. The number of hydrogen-bond acceptors (Lipinski definition) is 6. The molecule has 1 amide bonds. The molecule has 0 aliphatic carbocycles. The summed E-state index contributed by atoms with van der Waals surface area (Å²) < 4.78 is 5.38. The summed E-state index contributed by atoms with van der Waals surface area (Å²) >= 11 is 0. The van der Waals surface area contributed by atoms with Crippen molar-refractivity contribution < 1.29 is 14.3 Å². The first-order chi connectivity index (χ1) is 16.1. The molecular weight excluding hydrogens is 418 g/mol. The van der Waals surface area contributed by atoms with Crippen LogP contribution in [-0.2, 0) is 4.79 Å². The highest BCUT2D eigenvalue weighted by Gasteiger charge is 2.30. The van der Waals surface area contributed by atoms with E-state index in [1.807, 2.05) is 30.3 Å². The van der Waals surface area contributed by atoms with E-state index in [-0.39, 0.29) is 5.56 Å². The minimum absolute atomic E-state index is 0.210. The van der Waals surface area contributed by atoms with Crippen molar-refractivity contribution in [2.24, 2.45) is 0 Å². The van der Waals surface area contributed by atoms with Gasteiger partial charge in [0.05, 0.1) is 29.1 Å². The van der Waals surface area contributed by atoms with Gasteiger partial charge in [0.25, 0.3) is 11.7 Å². The molecule has 5 rings (SSSR count). The summed E-state index contributed by atoms with van der Waals surface area (Å²) in [4.78, 5) is 37.4. The van der Waals surface area contributed by atoms with Gasteiger partial charge in [0.2, 0.25) is 0 Å². The van der Waals surface area contributed by atoms with Gasteiger partial charge in [-0.3, -0.25) is 9.59 Å². The summed E-state index contributed by atoms with van der Waals surface area (Å²) in [5.74, 6) is 0.141. The van der Waals surface area contributed by atoms with Crippen LogP contribution < -0.4 is 9.64 Å². The predicted molar refractivity (Wildman–Crippen MR) is 124 cm³/mol. The lowest BCUT2D eigenvalue weighted by atomic mass is 10.0. The number of pyridine rings is 1. The van der Waals surface area contributed by atoms with Crippen molar-refractivity contribution in [2.75, 3.05) is 38.2 Å². The Hall–Kier alpha value is -4.38. The van der Waals surface area contributed by atoms with E-state index in [0.29, 0.717) is 48.4 Å². The summed E-state index contributed by atoms with van der Waals surface area (Å²) in [5, 5.41) is 12.0. The van der Waals surface area contributed by atoms with Crippen molar-refractivity contribution in [1.82, 2.24) is 14.9 Å². The molecule has 33 heavy (non-hydrogen) atoms. The molecule has 0 saturated carbocycles. The molecule has 0 radical (unpaired) electrons. The first kappa shape index (κ1) is 20.5. The monoisotopic (exact) mass is 439 g/mol. The number of nitrogens with one attached hydrogen (secondary N) is 1. The minimum atomic E-state index is -0.619. The Kier molecular flexibility index (Phi) is 5.15. The summed E-state index contributed by atoms with van der Waals surface area (Å²) in [6.45, 7) is 1.99. The molecule has 2 aromatic heterocycles. The molecule has 1 fully saturated rings. The van der Waals surface area contributed by atoms with E-state index < -0.39 is 11.7 Å². The average molecular weight is 439 g/mol. The van der Waals surface area contributed by atoms with Gasteiger partial charge in [0.15, 0.2) is 0 Å². The van der Waals surface area contributed by atoms with E-state index in [1.54, 1.807) is 23.2 Å². The molecule has 3 heterocycles. The van der Waals surface area contributed by atoms with Crippen molar-refractivity contribution in [1.29, 1.82) is 5.26 Å². The van der Waals surface area contributed by atoms with Gasteiger partial charge in [-0.25, -0.2) is 4.98 Å². The van der Waals surface area contributed by atoms with Gasteiger partial charge < -0.3 is 19.5 Å². The van der Waals surface area contributed by atoms with E-state index >= 15 is 0 Å². The Bertz CT molecular complexity index is 1420. The number of nitrogens with zero attached hydrogens (tertiary/aromatic N) is 4. The van der Waals surface area contributed by atoms with Gasteiger partial charge in [-0.2, -0.15) is 5.26 Å². The second-order valence-electron chi connectivity index (χ2n) is 7.84. The standard InChI is InChI=1S/C25H21N5O3/c1-33-20-7-6-17(14-26)22-21(20)19(15-28-22)23(31)25(32)30-12-10-29(11-13-30)24-18-5-3-2-4-16(18)8-9-27-24/h2-9,15,28H,10-13H2,1H3. The van der Waals surface area contributed by atoms with Gasteiger partial charge in [-0.05, 0) is 23.6 Å². The third-order valence-corrected chi connectivity index (χ3v) is 6.10. The van der Waals surface area contributed by atoms with Crippen LogP contribution in [0, 0.1) is 11.3 Å². The van der Waals surface area contributed by atoms with Crippen LogP contribution in [0.5, 0.6) is 5.75 Å². The third kappa shape index (κ3) is 3.44. The Morgan fingerprint density at radius 2 is 1.88 bits per heavy atom. The number of hydrogen-bond donors (Lipinski definition) is 1. The zero-order chi connectivity index (χ0) is 22.9. The fourth-order valence-corrected chi connectivity index (χ4v) is 4.40. The summed E-state index contributed by atoms with van der Waals surface area (Å²) in [6.07, 6.45) is 3.27. The second kappa shape index (κ2) is 8.28. The van der Waals surface area contributed by atoms with E-state index in [4.69, 9.17) is 4.74 Å². The molecule has 164 valence electrons. The highest BCUT2D eigenvalue weighted by Crippen LogP contribution is 2.32. The van der Waals surface area contributed by atoms with Crippen LogP contribution in [0.25, 0.3) is 21.7 Å². The van der Waals surface area contributed by atoms with Crippen molar-refractivity contribution in [3.8, 4) is 11.8 Å². The summed E-state index contributed by atoms with van der Waals surface area (Å²) in [7, 11) is 1.49. The van der Waals surface area contributed by atoms with E-state index in [0.717, 1.165) is 16.6 Å². The minimum Gasteiger partial charge on any atom is -0.496 e. The number of aromatic nitrogens is 2. The first-order valence-electron chi connectivity index (χ1n) is 10.6. The van der Waals surface area contributed by atoms with Crippen LogP contribution in [0.1, 0.15) is 15.9 Å². The zero-order valence-corrected chi connectivity index (χ0v) is 18.0. The molecule has 0 unspecified atom stereocenters. The molecule has 4 aromatic rings. The van der Waals surface area contributed by atoms with Crippen molar-refractivity contribution >= 4 is 39.2 Å². The Labute approximate surface area is 190 Å². The molecule has 2 aromatic carbocycles. The Morgan fingerprint density at radius 3 is 2.64 bits per heavy atom. The number of Topliss-reactive ketones (excluding diaryl/α,β-unsaturated/α-hetero) is 1. The number of fused-ring (bicyclic) bond motifs is 2. The van der Waals surface area contributed by atoms with Gasteiger partial charge >= 0.3 is 0 Å². The summed E-state index contributed by atoms with van der Waals surface area (Å²) in [5.41, 5.74) is 1.08. The lowest BCUT2D eigenvalue weighted by molar-refractivity contribution is -0.126. The van der Waals surface area contributed by atoms with Gasteiger partial charge in [0, 0.05) is 44.0 Å². The average Bonchev–Trinajstić information content (AvgIpc) is 3.32. The van der Waals surface area contributed by atoms with Crippen molar-refractivity contribution in [3.63, 3.8) is 0 Å². The zero-order valence-electron chi connectivity index (χ0n) is 18.0. The Morgan fingerprint density at radius 1 is 1.09 bits per heavy atom. The normalized spacial score (nSPS) is 13.8. The molecule has 1 saturated heterocycles. The highest BCUT2D eigenvalue weighted by molar-refractivity contribution is 6.45. The highest BCUT2D eigenvalue weighted by atomic mass is 16.5. The SMILES string of the molecule is COc1ccc(C#N)c2[nH]cc(C(=O)C(=O)N3CCN(c4nccc5ccccc45)CC3)c12. The summed E-state index contributed by atoms with van der Waals surface area (Å²) in [6, 6.07) is 15.4. The fourth-order valence-electron chi connectivity index (χ4n) is 4.40. The quantitative estimate of drug-likeness (QED) is 0.387. The number of ether oxygens (including phenoxy) is 1. The van der Waals surface area contributed by atoms with E-state index in [2.05, 4.69) is 20.9 Å². The maximum Gasteiger partial charge on any atom is 0.295 e. The van der Waals surface area contributed by atoms with E-state index in [1.165, 1.54) is 13.3 Å². The van der Waals surface area contributed by atoms with Crippen LogP contribution in [0.2, 0.25) is 0 Å². The predicted octanol–water partition coefficient (Wildman–Crippen LogP) is 3.13. The Balaban J connectivity index is 1.37. The lowest BCUT2D eigenvalue weighted by Crippen LogP contribution is -2.50. The van der Waals surface area contributed by atoms with Crippen LogP contribution in [-0.4, -0.2) is 59.8 Å². The number of carbonyl (C=O) groups is 2. The molecule has 1 N–H and O–H groups in total. The largest absolute Gasteiger partial charge is 0.496 e. The van der Waals surface area contributed by atoms with E-state index in [9.17, 15) is 14.9 Å². The number of nitriles is 1. The first-order valence-corrected chi connectivity index (χ1v) is 10.6. The van der Waals surface area contributed by atoms with Gasteiger partial charge in [-0.15, -0.1) is 0 Å². The third-order valence-electron chi connectivity index (χ3n) is 6.10. The number of ketones is 1. The number of benzene rings is 2. The number of rotatable bonds is 4. The molecular formula is C25H21N5O3. The van der Waals surface area contributed by atoms with Crippen molar-refractivity contribution in [2.45, 2.75) is 0 Å². The maximum absolute atomic E-state index is 13.1.